The highest BCUT2D eigenvalue weighted by Gasteiger charge is 2.03. The lowest BCUT2D eigenvalue weighted by atomic mass is 10.3. The number of hydrogen-bond acceptors (Lipinski definition) is 5. The molecular formula is C13H10N6. The Morgan fingerprint density at radius 1 is 1.32 bits per heavy atom. The Kier molecular flexibility index (Phi) is 3.46. The molecule has 0 spiro atoms. The molecule has 1 heterocycles. The lowest BCUT2D eigenvalue weighted by molar-refractivity contribution is 0.883. The van der Waals surface area contributed by atoms with Gasteiger partial charge in [0.2, 0.25) is 0 Å². The normalized spacial score (nSPS) is 9.16. The van der Waals surface area contributed by atoms with Gasteiger partial charge in [-0.05, 0) is 12.1 Å². The number of nitrogens with two attached hydrogens (primary N) is 1. The topological polar surface area (TPSA) is 103 Å². The van der Waals surface area contributed by atoms with Gasteiger partial charge in [0.15, 0.2) is 0 Å². The van der Waals surface area contributed by atoms with E-state index in [0.29, 0.717) is 11.4 Å². The third-order valence-corrected chi connectivity index (χ3v) is 2.39. The second kappa shape index (κ2) is 5.39. The van der Waals surface area contributed by atoms with Crippen LogP contribution in [0, 0.1) is 22.7 Å². The van der Waals surface area contributed by atoms with Crippen LogP contribution in [-0.2, 0) is 0 Å². The summed E-state index contributed by atoms with van der Waals surface area (Å²) < 4.78 is 1.62. The maximum Gasteiger partial charge on any atom is 0.145 e. The number of para-hydroxylation sites is 2. The Labute approximate surface area is 110 Å². The molecular weight excluding hydrogens is 240 g/mol. The second-order valence-corrected chi connectivity index (χ2v) is 3.66. The van der Waals surface area contributed by atoms with Gasteiger partial charge in [0, 0.05) is 6.20 Å². The van der Waals surface area contributed by atoms with Crippen LogP contribution >= 0.6 is 0 Å². The largest absolute Gasteiger partial charge is 0.397 e. The Hall–Kier alpha value is -3.25. The van der Waals surface area contributed by atoms with E-state index in [1.165, 1.54) is 6.20 Å². The molecule has 19 heavy (non-hydrogen) atoms. The number of hydrogen-bond donors (Lipinski definition) is 2. The molecule has 6 heteroatoms. The van der Waals surface area contributed by atoms with Crippen LogP contribution in [0.25, 0.3) is 5.69 Å². The lowest BCUT2D eigenvalue weighted by Gasteiger charge is -2.03. The van der Waals surface area contributed by atoms with Crippen LogP contribution in [0.4, 0.5) is 11.4 Å². The fourth-order valence-corrected chi connectivity index (χ4v) is 1.47. The van der Waals surface area contributed by atoms with Crippen molar-refractivity contribution in [2.75, 3.05) is 11.1 Å². The molecule has 92 valence electrons. The van der Waals surface area contributed by atoms with Crippen molar-refractivity contribution in [2.45, 2.75) is 0 Å². The highest BCUT2D eigenvalue weighted by atomic mass is 15.3. The zero-order valence-electron chi connectivity index (χ0n) is 9.91. The van der Waals surface area contributed by atoms with E-state index in [9.17, 15) is 0 Å². The molecule has 6 nitrogen and oxygen atoms in total. The molecule has 0 amide bonds. The number of aromatic nitrogens is 2. The maximum atomic E-state index is 8.61. The van der Waals surface area contributed by atoms with Crippen molar-refractivity contribution in [3.63, 3.8) is 0 Å². The van der Waals surface area contributed by atoms with Gasteiger partial charge < -0.3 is 11.1 Å². The third kappa shape index (κ3) is 2.71. The number of allylic oxidation sites excluding steroid dienone is 1. The van der Waals surface area contributed by atoms with Crippen molar-refractivity contribution in [3.05, 3.63) is 48.4 Å². The molecule has 0 radical (unpaired) electrons. The molecule has 0 bridgehead atoms. The van der Waals surface area contributed by atoms with Gasteiger partial charge in [0.1, 0.15) is 17.7 Å². The van der Waals surface area contributed by atoms with Crippen molar-refractivity contribution in [2.24, 2.45) is 0 Å². The van der Waals surface area contributed by atoms with E-state index < -0.39 is 0 Å². The van der Waals surface area contributed by atoms with Crippen LogP contribution < -0.4 is 11.1 Å². The first-order valence-electron chi connectivity index (χ1n) is 5.41. The fourth-order valence-electron chi connectivity index (χ4n) is 1.47. The summed E-state index contributed by atoms with van der Waals surface area (Å²) in [5.74, 6) is 0. The predicted octanol–water partition coefficient (Wildman–Crippen LogP) is 1.80. The number of rotatable bonds is 3. The van der Waals surface area contributed by atoms with E-state index in [2.05, 4.69) is 10.4 Å². The molecule has 0 fully saturated rings. The number of benzene rings is 1. The first kappa shape index (κ1) is 12.2. The minimum atomic E-state index is -0.00743. The zero-order chi connectivity index (χ0) is 13.7. The second-order valence-electron chi connectivity index (χ2n) is 3.66. The van der Waals surface area contributed by atoms with Crippen molar-refractivity contribution in [3.8, 4) is 17.8 Å². The SMILES string of the molecule is N#CC(C#N)=CNc1cnn(-c2ccccc2N)c1. The number of anilines is 2. The summed E-state index contributed by atoms with van der Waals surface area (Å²) in [6.07, 6.45) is 4.62. The summed E-state index contributed by atoms with van der Waals surface area (Å²) in [7, 11) is 0. The van der Waals surface area contributed by atoms with Crippen molar-refractivity contribution in [1.82, 2.24) is 9.78 Å². The molecule has 3 N–H and O–H groups in total. The van der Waals surface area contributed by atoms with E-state index in [4.69, 9.17) is 16.3 Å². The first-order chi connectivity index (χ1) is 9.24. The van der Waals surface area contributed by atoms with Gasteiger partial charge >= 0.3 is 0 Å². The molecule has 0 saturated heterocycles. The van der Waals surface area contributed by atoms with Crippen LogP contribution in [0.15, 0.2) is 48.4 Å². The highest BCUT2D eigenvalue weighted by Crippen LogP contribution is 2.17. The van der Waals surface area contributed by atoms with Crippen LogP contribution in [0.1, 0.15) is 0 Å². The standard InChI is InChI=1S/C13H10N6/c14-5-10(6-15)7-17-11-8-18-19(9-11)13-4-2-1-3-12(13)16/h1-4,7-9,17H,16H2. The average molecular weight is 250 g/mol. The van der Waals surface area contributed by atoms with Crippen LogP contribution in [-0.4, -0.2) is 9.78 Å². The fraction of sp³-hybridized carbons (Fsp3) is 0. The number of nitrogens with one attached hydrogen (secondary N) is 1. The van der Waals surface area contributed by atoms with Gasteiger partial charge in [-0.15, -0.1) is 0 Å². The van der Waals surface area contributed by atoms with Gasteiger partial charge in [-0.1, -0.05) is 12.1 Å². The lowest BCUT2D eigenvalue weighted by Crippen LogP contribution is -1.99. The Morgan fingerprint density at radius 3 is 2.74 bits per heavy atom. The van der Waals surface area contributed by atoms with E-state index in [1.807, 2.05) is 18.2 Å². The molecule has 1 aromatic carbocycles. The van der Waals surface area contributed by atoms with Gasteiger partial charge in [-0.3, -0.25) is 0 Å². The molecule has 2 aromatic rings. The quantitative estimate of drug-likeness (QED) is 0.638. The Bertz CT molecular complexity index is 682. The number of nitriles is 2. The molecule has 0 aliphatic heterocycles. The maximum absolute atomic E-state index is 8.61. The Morgan fingerprint density at radius 2 is 2.05 bits per heavy atom. The van der Waals surface area contributed by atoms with E-state index in [-0.39, 0.29) is 5.57 Å². The molecule has 0 saturated carbocycles. The Balaban J connectivity index is 2.22. The molecule has 0 atom stereocenters. The van der Waals surface area contributed by atoms with Gasteiger partial charge in [-0.25, -0.2) is 4.68 Å². The molecule has 0 aliphatic carbocycles. The number of nitrogen functional groups attached to an aromatic ring is 1. The summed E-state index contributed by atoms with van der Waals surface area (Å²) in [6.45, 7) is 0. The van der Waals surface area contributed by atoms with Crippen LogP contribution in [0.3, 0.4) is 0 Å². The zero-order valence-corrected chi connectivity index (χ0v) is 9.91. The van der Waals surface area contributed by atoms with Crippen LogP contribution in [0.5, 0.6) is 0 Å². The first-order valence-corrected chi connectivity index (χ1v) is 5.41. The average Bonchev–Trinajstić information content (AvgIpc) is 2.89. The van der Waals surface area contributed by atoms with Crippen molar-refractivity contribution < 1.29 is 0 Å². The van der Waals surface area contributed by atoms with E-state index in [1.54, 1.807) is 35.3 Å². The summed E-state index contributed by atoms with van der Waals surface area (Å²) in [5, 5.41) is 24.2. The third-order valence-electron chi connectivity index (χ3n) is 2.39. The van der Waals surface area contributed by atoms with Gasteiger partial charge in [0.05, 0.1) is 29.5 Å². The summed E-state index contributed by atoms with van der Waals surface area (Å²) in [4.78, 5) is 0. The smallest absolute Gasteiger partial charge is 0.145 e. The summed E-state index contributed by atoms with van der Waals surface area (Å²) in [5.41, 5.74) is 7.88. The van der Waals surface area contributed by atoms with Gasteiger partial charge in [0.25, 0.3) is 0 Å². The molecule has 0 aliphatic rings. The van der Waals surface area contributed by atoms with Crippen molar-refractivity contribution in [1.29, 1.82) is 10.5 Å². The minimum absolute atomic E-state index is 0.00743. The molecule has 2 rings (SSSR count). The van der Waals surface area contributed by atoms with Crippen molar-refractivity contribution >= 4 is 11.4 Å². The van der Waals surface area contributed by atoms with E-state index in [0.717, 1.165) is 5.69 Å². The van der Waals surface area contributed by atoms with E-state index >= 15 is 0 Å². The highest BCUT2D eigenvalue weighted by molar-refractivity contribution is 5.58. The molecule has 1 aromatic heterocycles. The summed E-state index contributed by atoms with van der Waals surface area (Å²) in [6, 6.07) is 10.9. The van der Waals surface area contributed by atoms with Crippen LogP contribution in [0.2, 0.25) is 0 Å². The monoisotopic (exact) mass is 250 g/mol. The molecule has 0 unspecified atom stereocenters. The predicted molar refractivity (Wildman–Crippen MR) is 70.9 cm³/mol. The van der Waals surface area contributed by atoms with Gasteiger partial charge in [-0.2, -0.15) is 15.6 Å². The number of nitrogens with zero attached hydrogens (tertiary/aromatic N) is 4. The minimum Gasteiger partial charge on any atom is -0.397 e. The summed E-state index contributed by atoms with van der Waals surface area (Å²) >= 11 is 0.